The van der Waals surface area contributed by atoms with Crippen LogP contribution in [0.3, 0.4) is 0 Å². The van der Waals surface area contributed by atoms with Crippen LogP contribution in [0.1, 0.15) is 18.4 Å². The van der Waals surface area contributed by atoms with Crippen molar-refractivity contribution in [1.29, 1.82) is 0 Å². The van der Waals surface area contributed by atoms with Crippen molar-refractivity contribution in [2.24, 2.45) is 5.73 Å². The van der Waals surface area contributed by atoms with Gasteiger partial charge in [0.25, 0.3) is 0 Å². The van der Waals surface area contributed by atoms with Crippen LogP contribution in [0, 0.1) is 6.92 Å². The van der Waals surface area contributed by atoms with Gasteiger partial charge in [0.05, 0.1) is 5.54 Å². The molecule has 1 unspecified atom stereocenters. The number of nitrogens with one attached hydrogen (secondary N) is 1. The summed E-state index contributed by atoms with van der Waals surface area (Å²) in [5, 5.41) is 3.45. The molecule has 1 aromatic rings. The van der Waals surface area contributed by atoms with Crippen molar-refractivity contribution >= 4 is 0 Å². The van der Waals surface area contributed by atoms with Crippen molar-refractivity contribution in [3.8, 4) is 5.75 Å². The fourth-order valence-electron chi connectivity index (χ4n) is 2.15. The maximum absolute atomic E-state index is 5.82. The highest BCUT2D eigenvalue weighted by atomic mass is 16.5. The van der Waals surface area contributed by atoms with Crippen LogP contribution in [-0.2, 0) is 0 Å². The van der Waals surface area contributed by atoms with E-state index < -0.39 is 0 Å². The molecule has 0 radical (unpaired) electrons. The summed E-state index contributed by atoms with van der Waals surface area (Å²) < 4.78 is 5.82. The summed E-state index contributed by atoms with van der Waals surface area (Å²) in [4.78, 5) is 0. The van der Waals surface area contributed by atoms with Crippen LogP contribution in [0.4, 0.5) is 0 Å². The topological polar surface area (TPSA) is 47.3 Å². The maximum atomic E-state index is 5.82. The van der Waals surface area contributed by atoms with Gasteiger partial charge >= 0.3 is 0 Å². The minimum absolute atomic E-state index is 0.0102. The molecular formula is C13H20N2O. The first-order valence-electron chi connectivity index (χ1n) is 5.89. The van der Waals surface area contributed by atoms with Gasteiger partial charge in [-0.1, -0.05) is 12.1 Å². The van der Waals surface area contributed by atoms with E-state index in [1.807, 2.05) is 12.1 Å². The van der Waals surface area contributed by atoms with Gasteiger partial charge in [-0.05, 0) is 44.0 Å². The molecule has 3 nitrogen and oxygen atoms in total. The minimum Gasteiger partial charge on any atom is -0.492 e. The number of ether oxygens (including phenoxy) is 1. The number of aryl methyl sites for hydroxylation is 1. The fourth-order valence-corrected chi connectivity index (χ4v) is 2.15. The van der Waals surface area contributed by atoms with Gasteiger partial charge in [0.1, 0.15) is 12.4 Å². The van der Waals surface area contributed by atoms with E-state index in [1.54, 1.807) is 0 Å². The second-order valence-electron chi connectivity index (χ2n) is 4.62. The van der Waals surface area contributed by atoms with E-state index in [4.69, 9.17) is 10.5 Å². The van der Waals surface area contributed by atoms with E-state index in [-0.39, 0.29) is 5.54 Å². The van der Waals surface area contributed by atoms with Crippen molar-refractivity contribution in [3.63, 3.8) is 0 Å². The Labute approximate surface area is 97.0 Å². The molecule has 3 N–H and O–H groups in total. The Hall–Kier alpha value is -1.06. The third kappa shape index (κ3) is 2.54. The molecule has 1 aliphatic rings. The Morgan fingerprint density at radius 1 is 1.50 bits per heavy atom. The van der Waals surface area contributed by atoms with E-state index in [0.717, 1.165) is 18.7 Å². The lowest BCUT2D eigenvalue weighted by Crippen LogP contribution is -2.51. The molecule has 2 rings (SSSR count). The van der Waals surface area contributed by atoms with Crippen LogP contribution in [0.15, 0.2) is 24.3 Å². The van der Waals surface area contributed by atoms with Crippen molar-refractivity contribution in [2.75, 3.05) is 19.7 Å². The molecule has 0 spiro atoms. The summed E-state index contributed by atoms with van der Waals surface area (Å²) in [6.45, 7) is 4.42. The van der Waals surface area contributed by atoms with Crippen molar-refractivity contribution in [3.05, 3.63) is 29.8 Å². The molecule has 0 aromatic heterocycles. The van der Waals surface area contributed by atoms with Crippen molar-refractivity contribution in [2.45, 2.75) is 25.3 Å². The first-order chi connectivity index (χ1) is 7.74. The molecule has 0 saturated carbocycles. The summed E-state index contributed by atoms with van der Waals surface area (Å²) in [7, 11) is 0. The maximum Gasteiger partial charge on any atom is 0.119 e. The Morgan fingerprint density at radius 2 is 2.38 bits per heavy atom. The van der Waals surface area contributed by atoms with Gasteiger partial charge in [-0.3, -0.25) is 0 Å². The van der Waals surface area contributed by atoms with E-state index in [0.29, 0.717) is 13.2 Å². The Morgan fingerprint density at radius 3 is 3.00 bits per heavy atom. The lowest BCUT2D eigenvalue weighted by molar-refractivity contribution is 0.203. The lowest BCUT2D eigenvalue weighted by atomic mass is 9.99. The summed E-state index contributed by atoms with van der Waals surface area (Å²) >= 11 is 0. The summed E-state index contributed by atoms with van der Waals surface area (Å²) in [5.74, 6) is 0.932. The summed E-state index contributed by atoms with van der Waals surface area (Å²) in [6.07, 6.45) is 2.30. The molecule has 0 amide bonds. The normalized spacial score (nSPS) is 24.6. The van der Waals surface area contributed by atoms with Gasteiger partial charge in [0, 0.05) is 6.54 Å². The zero-order valence-corrected chi connectivity index (χ0v) is 9.83. The Kier molecular flexibility index (Phi) is 3.46. The van der Waals surface area contributed by atoms with Crippen LogP contribution >= 0.6 is 0 Å². The molecule has 1 aliphatic heterocycles. The van der Waals surface area contributed by atoms with Crippen LogP contribution in [0.5, 0.6) is 5.75 Å². The van der Waals surface area contributed by atoms with E-state index in [9.17, 15) is 0 Å². The standard InChI is InChI=1S/C13H20N2O/c1-11-4-2-5-12(8-11)16-10-13(9-14)6-3-7-15-13/h2,4-5,8,15H,3,6-7,9-10,14H2,1H3. The third-order valence-electron chi connectivity index (χ3n) is 3.23. The molecule has 0 bridgehead atoms. The largest absolute Gasteiger partial charge is 0.492 e. The summed E-state index contributed by atoms with van der Waals surface area (Å²) in [6, 6.07) is 8.13. The SMILES string of the molecule is Cc1cccc(OCC2(CN)CCCN2)c1. The fraction of sp³-hybridized carbons (Fsp3) is 0.538. The van der Waals surface area contributed by atoms with Gasteiger partial charge in [-0.2, -0.15) is 0 Å². The van der Waals surface area contributed by atoms with Gasteiger partial charge in [-0.25, -0.2) is 0 Å². The smallest absolute Gasteiger partial charge is 0.119 e. The predicted octanol–water partition coefficient (Wildman–Crippen LogP) is 1.45. The van der Waals surface area contributed by atoms with Gasteiger partial charge in [-0.15, -0.1) is 0 Å². The monoisotopic (exact) mass is 220 g/mol. The summed E-state index contributed by atoms with van der Waals surface area (Å²) in [5.41, 5.74) is 7.03. The number of nitrogens with two attached hydrogens (primary N) is 1. The Bertz CT molecular complexity index is 346. The van der Waals surface area contributed by atoms with Crippen molar-refractivity contribution < 1.29 is 4.74 Å². The molecule has 0 aliphatic carbocycles. The number of benzene rings is 1. The van der Waals surface area contributed by atoms with Crippen LogP contribution in [0.2, 0.25) is 0 Å². The van der Waals surface area contributed by atoms with E-state index in [2.05, 4.69) is 24.4 Å². The first kappa shape index (κ1) is 11.4. The molecule has 88 valence electrons. The number of hydrogen-bond donors (Lipinski definition) is 2. The highest BCUT2D eigenvalue weighted by Crippen LogP contribution is 2.20. The molecule has 1 heterocycles. The number of hydrogen-bond acceptors (Lipinski definition) is 3. The average molecular weight is 220 g/mol. The molecule has 1 fully saturated rings. The average Bonchev–Trinajstić information content (AvgIpc) is 2.76. The van der Waals surface area contributed by atoms with E-state index >= 15 is 0 Å². The molecular weight excluding hydrogens is 200 g/mol. The molecule has 16 heavy (non-hydrogen) atoms. The van der Waals surface area contributed by atoms with Crippen LogP contribution < -0.4 is 15.8 Å². The van der Waals surface area contributed by atoms with Gasteiger partial charge in [0.2, 0.25) is 0 Å². The zero-order chi connectivity index (χ0) is 11.4. The second kappa shape index (κ2) is 4.85. The highest BCUT2D eigenvalue weighted by molar-refractivity contribution is 5.27. The van der Waals surface area contributed by atoms with Crippen LogP contribution in [-0.4, -0.2) is 25.2 Å². The quantitative estimate of drug-likeness (QED) is 0.807. The lowest BCUT2D eigenvalue weighted by Gasteiger charge is -2.27. The van der Waals surface area contributed by atoms with Gasteiger partial charge in [0.15, 0.2) is 0 Å². The third-order valence-corrected chi connectivity index (χ3v) is 3.23. The van der Waals surface area contributed by atoms with Crippen molar-refractivity contribution in [1.82, 2.24) is 5.32 Å². The molecule has 1 aromatic carbocycles. The molecule has 3 heteroatoms. The minimum atomic E-state index is -0.0102. The highest BCUT2D eigenvalue weighted by Gasteiger charge is 2.32. The van der Waals surface area contributed by atoms with E-state index in [1.165, 1.54) is 12.0 Å². The van der Waals surface area contributed by atoms with Gasteiger partial charge < -0.3 is 15.8 Å². The van der Waals surface area contributed by atoms with Crippen LogP contribution in [0.25, 0.3) is 0 Å². The molecule has 1 saturated heterocycles. The second-order valence-corrected chi connectivity index (χ2v) is 4.62. The Balaban J connectivity index is 1.95. The molecule has 1 atom stereocenters. The predicted molar refractivity (Wildman–Crippen MR) is 65.7 cm³/mol. The first-order valence-corrected chi connectivity index (χ1v) is 5.89. The zero-order valence-electron chi connectivity index (χ0n) is 9.83. The number of rotatable bonds is 4.